The lowest BCUT2D eigenvalue weighted by Crippen LogP contribution is -2.09. The zero-order valence-electron chi connectivity index (χ0n) is 8.83. The smallest absolute Gasteiger partial charge is 0.122 e. The second-order valence-electron chi connectivity index (χ2n) is 3.88. The third-order valence-electron chi connectivity index (χ3n) is 2.41. The number of carbonyl (C=O) groups is 1. The first-order chi connectivity index (χ1) is 6.20. The first-order valence-electron chi connectivity index (χ1n) is 5.32. The molecule has 1 N–H and O–H groups in total. The Morgan fingerprint density at radius 2 is 2.00 bits per heavy atom. The van der Waals surface area contributed by atoms with Crippen molar-refractivity contribution in [3.63, 3.8) is 0 Å². The number of rotatable bonds is 8. The molecule has 13 heavy (non-hydrogen) atoms. The minimum atomic E-state index is -0.415. The molecule has 78 valence electrons. The summed E-state index contributed by atoms with van der Waals surface area (Å²) in [6.07, 6.45) is 6.22. The van der Waals surface area contributed by atoms with Gasteiger partial charge >= 0.3 is 0 Å². The molecule has 0 saturated carbocycles. The lowest BCUT2D eigenvalue weighted by Gasteiger charge is -2.12. The van der Waals surface area contributed by atoms with E-state index >= 15 is 0 Å². The Kier molecular flexibility index (Phi) is 8.00. The molecule has 0 aliphatic carbocycles. The van der Waals surface area contributed by atoms with Gasteiger partial charge < -0.3 is 9.90 Å². The number of unbranched alkanes of at least 4 members (excludes halogenated alkanes) is 1. The Balaban J connectivity index is 3.33. The van der Waals surface area contributed by atoms with Crippen molar-refractivity contribution in [3.05, 3.63) is 0 Å². The molecule has 0 aromatic rings. The summed E-state index contributed by atoms with van der Waals surface area (Å²) in [7, 11) is 0. The summed E-state index contributed by atoms with van der Waals surface area (Å²) in [6, 6.07) is 0. The molecule has 2 nitrogen and oxygen atoms in total. The standard InChI is InChI=1S/C11H22O2/c1-3-4-5-10(2)6-7-11(13)8-9-12/h9-11,13H,3-8H2,1-2H3. The van der Waals surface area contributed by atoms with Crippen LogP contribution in [0.4, 0.5) is 0 Å². The van der Waals surface area contributed by atoms with Gasteiger partial charge in [0.25, 0.3) is 0 Å². The van der Waals surface area contributed by atoms with Crippen molar-refractivity contribution in [2.24, 2.45) is 5.92 Å². The fraction of sp³-hybridized carbons (Fsp3) is 0.909. The fourth-order valence-electron chi connectivity index (χ4n) is 1.40. The monoisotopic (exact) mass is 186 g/mol. The highest BCUT2D eigenvalue weighted by Crippen LogP contribution is 2.15. The maximum Gasteiger partial charge on any atom is 0.122 e. The predicted octanol–water partition coefficient (Wildman–Crippen LogP) is 2.54. The summed E-state index contributed by atoms with van der Waals surface area (Å²) in [5.74, 6) is 0.682. The molecule has 0 aromatic heterocycles. The summed E-state index contributed by atoms with van der Waals surface area (Å²) in [5.41, 5.74) is 0. The van der Waals surface area contributed by atoms with E-state index in [1.807, 2.05) is 0 Å². The number of aliphatic hydroxyl groups is 1. The summed E-state index contributed by atoms with van der Waals surface area (Å²) in [4.78, 5) is 10.1. The molecule has 2 unspecified atom stereocenters. The van der Waals surface area contributed by atoms with Crippen molar-refractivity contribution in [2.45, 2.75) is 58.5 Å². The Morgan fingerprint density at radius 1 is 1.31 bits per heavy atom. The van der Waals surface area contributed by atoms with Gasteiger partial charge in [0, 0.05) is 6.42 Å². The molecule has 0 rings (SSSR count). The molecule has 0 aliphatic heterocycles. The normalized spacial score (nSPS) is 15.3. The van der Waals surface area contributed by atoms with Crippen molar-refractivity contribution in [1.29, 1.82) is 0 Å². The SMILES string of the molecule is CCCCC(C)CCC(O)CC=O. The van der Waals surface area contributed by atoms with Crippen molar-refractivity contribution in [2.75, 3.05) is 0 Å². The summed E-state index contributed by atoms with van der Waals surface area (Å²) < 4.78 is 0. The molecule has 0 amide bonds. The number of hydrogen-bond acceptors (Lipinski definition) is 2. The van der Waals surface area contributed by atoms with Crippen LogP contribution >= 0.6 is 0 Å². The Hall–Kier alpha value is -0.370. The van der Waals surface area contributed by atoms with Crippen molar-refractivity contribution in [1.82, 2.24) is 0 Å². The average Bonchev–Trinajstić information content (AvgIpc) is 2.12. The van der Waals surface area contributed by atoms with Gasteiger partial charge in [0.05, 0.1) is 6.10 Å². The van der Waals surface area contributed by atoms with Crippen LogP contribution in [0.2, 0.25) is 0 Å². The van der Waals surface area contributed by atoms with E-state index in [9.17, 15) is 9.90 Å². The van der Waals surface area contributed by atoms with Gasteiger partial charge in [-0.3, -0.25) is 0 Å². The highest BCUT2D eigenvalue weighted by molar-refractivity contribution is 5.49. The number of aldehydes is 1. The largest absolute Gasteiger partial charge is 0.393 e. The topological polar surface area (TPSA) is 37.3 Å². The number of aliphatic hydroxyl groups excluding tert-OH is 1. The molecule has 0 radical (unpaired) electrons. The van der Waals surface area contributed by atoms with Gasteiger partial charge in [-0.25, -0.2) is 0 Å². The van der Waals surface area contributed by atoms with Crippen LogP contribution in [-0.2, 0) is 4.79 Å². The molecule has 2 atom stereocenters. The van der Waals surface area contributed by atoms with E-state index < -0.39 is 6.10 Å². The number of hydrogen-bond donors (Lipinski definition) is 1. The van der Waals surface area contributed by atoms with Gasteiger partial charge in [0.1, 0.15) is 6.29 Å². The van der Waals surface area contributed by atoms with Crippen LogP contribution in [0.5, 0.6) is 0 Å². The molecule has 0 spiro atoms. The minimum Gasteiger partial charge on any atom is -0.393 e. The van der Waals surface area contributed by atoms with Crippen molar-refractivity contribution >= 4 is 6.29 Å². The molecule has 0 aliphatic rings. The second kappa shape index (κ2) is 8.24. The molecule has 0 aromatic carbocycles. The zero-order chi connectivity index (χ0) is 10.1. The first-order valence-corrected chi connectivity index (χ1v) is 5.32. The second-order valence-corrected chi connectivity index (χ2v) is 3.88. The molecule has 2 heteroatoms. The molecular formula is C11H22O2. The van der Waals surface area contributed by atoms with Crippen LogP contribution in [0.3, 0.4) is 0 Å². The van der Waals surface area contributed by atoms with E-state index in [4.69, 9.17) is 0 Å². The Labute approximate surface area is 81.3 Å². The lowest BCUT2D eigenvalue weighted by atomic mass is 9.97. The van der Waals surface area contributed by atoms with Gasteiger partial charge in [-0.05, 0) is 18.8 Å². The highest BCUT2D eigenvalue weighted by Gasteiger charge is 2.06. The molecule has 0 heterocycles. The maximum atomic E-state index is 10.1. The Morgan fingerprint density at radius 3 is 2.54 bits per heavy atom. The van der Waals surface area contributed by atoms with Gasteiger partial charge in [-0.2, -0.15) is 0 Å². The van der Waals surface area contributed by atoms with E-state index in [2.05, 4.69) is 13.8 Å². The van der Waals surface area contributed by atoms with E-state index in [0.717, 1.165) is 19.1 Å². The Bertz CT molecular complexity index is 123. The van der Waals surface area contributed by atoms with E-state index in [1.165, 1.54) is 19.3 Å². The molecule has 0 saturated heterocycles. The molecular weight excluding hydrogens is 164 g/mol. The summed E-state index contributed by atoms with van der Waals surface area (Å²) in [5, 5.41) is 9.29. The summed E-state index contributed by atoms with van der Waals surface area (Å²) in [6.45, 7) is 4.40. The van der Waals surface area contributed by atoms with Crippen LogP contribution in [0.25, 0.3) is 0 Å². The average molecular weight is 186 g/mol. The maximum absolute atomic E-state index is 10.1. The van der Waals surface area contributed by atoms with Crippen LogP contribution in [-0.4, -0.2) is 17.5 Å². The van der Waals surface area contributed by atoms with Crippen LogP contribution in [0.1, 0.15) is 52.4 Å². The minimum absolute atomic E-state index is 0.292. The number of carbonyl (C=O) groups excluding carboxylic acids is 1. The highest BCUT2D eigenvalue weighted by atomic mass is 16.3. The zero-order valence-corrected chi connectivity index (χ0v) is 8.83. The fourth-order valence-corrected chi connectivity index (χ4v) is 1.40. The van der Waals surface area contributed by atoms with Crippen molar-refractivity contribution in [3.8, 4) is 0 Å². The van der Waals surface area contributed by atoms with E-state index in [-0.39, 0.29) is 0 Å². The van der Waals surface area contributed by atoms with Crippen molar-refractivity contribution < 1.29 is 9.90 Å². The third kappa shape index (κ3) is 7.97. The molecule has 0 bridgehead atoms. The van der Waals surface area contributed by atoms with E-state index in [0.29, 0.717) is 12.3 Å². The summed E-state index contributed by atoms with van der Waals surface area (Å²) >= 11 is 0. The van der Waals surface area contributed by atoms with Crippen LogP contribution < -0.4 is 0 Å². The van der Waals surface area contributed by atoms with Gasteiger partial charge in [0.2, 0.25) is 0 Å². The van der Waals surface area contributed by atoms with E-state index in [1.54, 1.807) is 0 Å². The lowest BCUT2D eigenvalue weighted by molar-refractivity contribution is -0.109. The first kappa shape index (κ1) is 12.6. The van der Waals surface area contributed by atoms with Gasteiger partial charge in [-0.15, -0.1) is 0 Å². The third-order valence-corrected chi connectivity index (χ3v) is 2.41. The van der Waals surface area contributed by atoms with Gasteiger partial charge in [0.15, 0.2) is 0 Å². The quantitative estimate of drug-likeness (QED) is 0.591. The predicted molar refractivity (Wildman–Crippen MR) is 54.6 cm³/mol. The van der Waals surface area contributed by atoms with Gasteiger partial charge in [-0.1, -0.05) is 33.1 Å². The van der Waals surface area contributed by atoms with Crippen LogP contribution in [0.15, 0.2) is 0 Å². The molecule has 0 fully saturated rings. The van der Waals surface area contributed by atoms with Crippen LogP contribution in [0, 0.1) is 5.92 Å².